The van der Waals surface area contributed by atoms with Crippen LogP contribution in [-0.2, 0) is 13.1 Å². The Hall–Kier alpha value is -2.27. The van der Waals surface area contributed by atoms with Crippen molar-refractivity contribution in [3.8, 4) is 0 Å². The Morgan fingerprint density at radius 1 is 0.958 bits per heavy atom. The SMILES string of the molecule is CCN(CC)Cc1ccc(CNC(=O)c2ccc(F)c(F)c2)cc1. The molecule has 0 saturated heterocycles. The van der Waals surface area contributed by atoms with Crippen molar-refractivity contribution < 1.29 is 13.6 Å². The van der Waals surface area contributed by atoms with Gasteiger partial charge in [0.1, 0.15) is 0 Å². The molecule has 0 aliphatic heterocycles. The number of benzene rings is 2. The van der Waals surface area contributed by atoms with E-state index < -0.39 is 17.5 Å². The van der Waals surface area contributed by atoms with Crippen LogP contribution in [0.2, 0.25) is 0 Å². The molecule has 0 aliphatic carbocycles. The second-order valence-corrected chi connectivity index (χ2v) is 5.59. The van der Waals surface area contributed by atoms with Gasteiger partial charge < -0.3 is 5.32 Å². The summed E-state index contributed by atoms with van der Waals surface area (Å²) < 4.78 is 26.0. The van der Waals surface area contributed by atoms with Crippen molar-refractivity contribution in [3.63, 3.8) is 0 Å². The molecule has 0 radical (unpaired) electrons. The van der Waals surface area contributed by atoms with Gasteiger partial charge in [0.05, 0.1) is 0 Å². The van der Waals surface area contributed by atoms with Crippen molar-refractivity contribution in [3.05, 3.63) is 70.8 Å². The quantitative estimate of drug-likeness (QED) is 0.838. The van der Waals surface area contributed by atoms with Crippen LogP contribution in [-0.4, -0.2) is 23.9 Å². The Balaban J connectivity index is 1.91. The van der Waals surface area contributed by atoms with E-state index in [1.807, 2.05) is 24.3 Å². The molecule has 0 aliphatic rings. The second kappa shape index (κ2) is 8.55. The van der Waals surface area contributed by atoms with Gasteiger partial charge in [0.15, 0.2) is 11.6 Å². The molecule has 0 spiro atoms. The molecule has 0 atom stereocenters. The van der Waals surface area contributed by atoms with Crippen LogP contribution in [0.25, 0.3) is 0 Å². The Labute approximate surface area is 141 Å². The van der Waals surface area contributed by atoms with E-state index in [1.54, 1.807) is 0 Å². The molecule has 2 aromatic carbocycles. The predicted octanol–water partition coefficient (Wildman–Crippen LogP) is 3.74. The standard InChI is InChI=1S/C19H22F2N2O/c1-3-23(4-2)13-15-7-5-14(6-8-15)12-22-19(24)16-9-10-17(20)18(21)11-16/h5-11H,3-4,12-13H2,1-2H3,(H,22,24). The highest BCUT2D eigenvalue weighted by Gasteiger charge is 2.09. The van der Waals surface area contributed by atoms with Crippen LogP contribution < -0.4 is 5.32 Å². The van der Waals surface area contributed by atoms with Gasteiger partial charge in [0, 0.05) is 18.7 Å². The van der Waals surface area contributed by atoms with Crippen molar-refractivity contribution in [2.24, 2.45) is 0 Å². The Morgan fingerprint density at radius 2 is 1.58 bits per heavy atom. The molecule has 24 heavy (non-hydrogen) atoms. The van der Waals surface area contributed by atoms with E-state index >= 15 is 0 Å². The molecule has 0 unspecified atom stereocenters. The number of hydrogen-bond acceptors (Lipinski definition) is 2. The summed E-state index contributed by atoms with van der Waals surface area (Å²) in [5.74, 6) is -2.42. The van der Waals surface area contributed by atoms with Crippen LogP contribution in [0, 0.1) is 11.6 Å². The van der Waals surface area contributed by atoms with E-state index in [9.17, 15) is 13.6 Å². The molecule has 0 bridgehead atoms. The van der Waals surface area contributed by atoms with Gasteiger partial charge in [-0.15, -0.1) is 0 Å². The maximum Gasteiger partial charge on any atom is 0.251 e. The minimum Gasteiger partial charge on any atom is -0.348 e. The van der Waals surface area contributed by atoms with Gasteiger partial charge in [-0.2, -0.15) is 0 Å². The molecule has 2 rings (SSSR count). The molecule has 2 aromatic rings. The predicted molar refractivity (Wildman–Crippen MR) is 90.6 cm³/mol. The molecule has 1 N–H and O–H groups in total. The maximum absolute atomic E-state index is 13.2. The molecule has 0 saturated carbocycles. The zero-order valence-electron chi connectivity index (χ0n) is 14.0. The van der Waals surface area contributed by atoms with E-state index in [4.69, 9.17) is 0 Å². The highest BCUT2D eigenvalue weighted by atomic mass is 19.2. The fourth-order valence-electron chi connectivity index (χ4n) is 2.39. The molecular formula is C19H22F2N2O. The second-order valence-electron chi connectivity index (χ2n) is 5.59. The summed E-state index contributed by atoms with van der Waals surface area (Å²) in [6, 6.07) is 11.1. The smallest absolute Gasteiger partial charge is 0.251 e. The van der Waals surface area contributed by atoms with E-state index in [0.29, 0.717) is 6.54 Å². The maximum atomic E-state index is 13.2. The van der Waals surface area contributed by atoms with Crippen LogP contribution in [0.15, 0.2) is 42.5 Å². The number of amides is 1. The summed E-state index contributed by atoms with van der Waals surface area (Å²) in [5.41, 5.74) is 2.27. The highest BCUT2D eigenvalue weighted by molar-refractivity contribution is 5.94. The molecule has 5 heteroatoms. The summed E-state index contributed by atoms with van der Waals surface area (Å²) in [4.78, 5) is 14.3. The van der Waals surface area contributed by atoms with Gasteiger partial charge in [-0.3, -0.25) is 9.69 Å². The number of carbonyl (C=O) groups excluding carboxylic acids is 1. The number of halogens is 2. The fourth-order valence-corrected chi connectivity index (χ4v) is 2.39. The van der Waals surface area contributed by atoms with Gasteiger partial charge in [-0.05, 0) is 42.4 Å². The van der Waals surface area contributed by atoms with Gasteiger partial charge in [0.2, 0.25) is 0 Å². The van der Waals surface area contributed by atoms with E-state index in [1.165, 1.54) is 11.6 Å². The fraction of sp³-hybridized carbons (Fsp3) is 0.316. The Kier molecular flexibility index (Phi) is 6.44. The lowest BCUT2D eigenvalue weighted by atomic mass is 10.1. The largest absolute Gasteiger partial charge is 0.348 e. The Morgan fingerprint density at radius 3 is 2.17 bits per heavy atom. The van der Waals surface area contributed by atoms with E-state index in [0.717, 1.165) is 37.3 Å². The van der Waals surface area contributed by atoms with Gasteiger partial charge >= 0.3 is 0 Å². The molecule has 0 heterocycles. The minimum atomic E-state index is -1.02. The summed E-state index contributed by atoms with van der Waals surface area (Å²) in [6.45, 7) is 7.50. The number of hydrogen-bond donors (Lipinski definition) is 1. The lowest BCUT2D eigenvalue weighted by Gasteiger charge is -2.18. The summed E-state index contributed by atoms with van der Waals surface area (Å²) in [7, 11) is 0. The highest BCUT2D eigenvalue weighted by Crippen LogP contribution is 2.10. The molecular weight excluding hydrogens is 310 g/mol. The summed E-state index contributed by atoms with van der Waals surface area (Å²) >= 11 is 0. The van der Waals surface area contributed by atoms with Crippen molar-refractivity contribution in [2.45, 2.75) is 26.9 Å². The lowest BCUT2D eigenvalue weighted by Crippen LogP contribution is -2.23. The minimum absolute atomic E-state index is 0.104. The summed E-state index contributed by atoms with van der Waals surface area (Å²) in [5, 5.41) is 2.71. The number of carbonyl (C=O) groups is 1. The van der Waals surface area contributed by atoms with Gasteiger partial charge in [-0.1, -0.05) is 38.1 Å². The van der Waals surface area contributed by atoms with E-state index in [-0.39, 0.29) is 5.56 Å². The monoisotopic (exact) mass is 332 g/mol. The third-order valence-electron chi connectivity index (χ3n) is 3.96. The zero-order valence-corrected chi connectivity index (χ0v) is 14.0. The molecule has 3 nitrogen and oxygen atoms in total. The summed E-state index contributed by atoms with van der Waals surface area (Å²) in [6.07, 6.45) is 0. The first-order valence-corrected chi connectivity index (χ1v) is 8.07. The van der Waals surface area contributed by atoms with Crippen molar-refractivity contribution in [2.75, 3.05) is 13.1 Å². The molecule has 1 amide bonds. The third-order valence-corrected chi connectivity index (χ3v) is 3.96. The molecule has 0 fully saturated rings. The first kappa shape index (κ1) is 18.1. The molecule has 0 aromatic heterocycles. The first-order chi connectivity index (χ1) is 11.5. The molecule has 128 valence electrons. The van der Waals surface area contributed by atoms with Gasteiger partial charge in [-0.25, -0.2) is 8.78 Å². The van der Waals surface area contributed by atoms with Crippen molar-refractivity contribution in [1.29, 1.82) is 0 Å². The van der Waals surface area contributed by atoms with Crippen LogP contribution in [0.1, 0.15) is 35.3 Å². The van der Waals surface area contributed by atoms with Crippen molar-refractivity contribution in [1.82, 2.24) is 10.2 Å². The third kappa shape index (κ3) is 4.86. The van der Waals surface area contributed by atoms with E-state index in [2.05, 4.69) is 24.1 Å². The first-order valence-electron chi connectivity index (χ1n) is 8.07. The average Bonchev–Trinajstić information content (AvgIpc) is 2.61. The van der Waals surface area contributed by atoms with Crippen LogP contribution in [0.5, 0.6) is 0 Å². The average molecular weight is 332 g/mol. The number of nitrogens with zero attached hydrogens (tertiary/aromatic N) is 1. The van der Waals surface area contributed by atoms with Gasteiger partial charge in [0.25, 0.3) is 5.91 Å². The number of rotatable bonds is 7. The topological polar surface area (TPSA) is 32.3 Å². The van der Waals surface area contributed by atoms with Crippen LogP contribution >= 0.6 is 0 Å². The zero-order chi connectivity index (χ0) is 17.5. The normalized spacial score (nSPS) is 10.9. The Bertz CT molecular complexity index is 682. The van der Waals surface area contributed by atoms with Crippen LogP contribution in [0.4, 0.5) is 8.78 Å². The number of nitrogens with one attached hydrogen (secondary N) is 1. The lowest BCUT2D eigenvalue weighted by molar-refractivity contribution is 0.0950. The van der Waals surface area contributed by atoms with Crippen molar-refractivity contribution >= 4 is 5.91 Å². The van der Waals surface area contributed by atoms with Crippen LogP contribution in [0.3, 0.4) is 0 Å².